The van der Waals surface area contributed by atoms with Crippen LogP contribution in [-0.4, -0.2) is 35.8 Å². The van der Waals surface area contributed by atoms with Crippen LogP contribution >= 0.6 is 0 Å². The third-order valence-electron chi connectivity index (χ3n) is 6.66. The van der Waals surface area contributed by atoms with Crippen molar-refractivity contribution in [2.45, 2.75) is 39.3 Å². The molecule has 3 aromatic carbocycles. The maximum atomic E-state index is 13.3. The molecule has 8 heteroatoms. The van der Waals surface area contributed by atoms with E-state index in [1.807, 2.05) is 98.1 Å². The van der Waals surface area contributed by atoms with Gasteiger partial charge in [-0.1, -0.05) is 54.6 Å². The van der Waals surface area contributed by atoms with E-state index in [4.69, 9.17) is 9.72 Å². The molecular weight excluding hydrogens is 500 g/mol. The van der Waals surface area contributed by atoms with E-state index in [9.17, 15) is 4.79 Å². The SMILES string of the molecule is CC(Nc1nccc(-n2cnc3cc(-c4cc5ccccc5n4C(=O)OC(C)(C)C)ccc32)n1)c1ccccc1. The summed E-state index contributed by atoms with van der Waals surface area (Å²) in [5.41, 5.74) is 4.61. The van der Waals surface area contributed by atoms with Crippen molar-refractivity contribution in [2.75, 3.05) is 5.32 Å². The molecule has 3 heterocycles. The van der Waals surface area contributed by atoms with Crippen LogP contribution in [0.4, 0.5) is 10.7 Å². The Labute approximate surface area is 232 Å². The maximum absolute atomic E-state index is 13.3. The van der Waals surface area contributed by atoms with Crippen LogP contribution in [0.25, 0.3) is 39.0 Å². The van der Waals surface area contributed by atoms with Gasteiger partial charge in [0.1, 0.15) is 17.7 Å². The zero-order valence-corrected chi connectivity index (χ0v) is 22.9. The third kappa shape index (κ3) is 4.91. The summed E-state index contributed by atoms with van der Waals surface area (Å²) < 4.78 is 9.32. The van der Waals surface area contributed by atoms with Crippen molar-refractivity contribution in [3.63, 3.8) is 0 Å². The number of imidazole rings is 1. The molecule has 200 valence electrons. The van der Waals surface area contributed by atoms with E-state index in [1.165, 1.54) is 0 Å². The van der Waals surface area contributed by atoms with E-state index in [1.54, 1.807) is 17.1 Å². The van der Waals surface area contributed by atoms with E-state index in [0.29, 0.717) is 11.8 Å². The van der Waals surface area contributed by atoms with Gasteiger partial charge in [-0.2, -0.15) is 4.98 Å². The lowest BCUT2D eigenvalue weighted by atomic mass is 10.1. The Morgan fingerprint density at radius 2 is 1.68 bits per heavy atom. The molecule has 1 atom stereocenters. The lowest BCUT2D eigenvalue weighted by Gasteiger charge is -2.21. The number of fused-ring (bicyclic) bond motifs is 2. The Balaban J connectivity index is 1.35. The van der Waals surface area contributed by atoms with Crippen LogP contribution in [-0.2, 0) is 4.74 Å². The van der Waals surface area contributed by atoms with Gasteiger partial charge in [-0.3, -0.25) is 4.57 Å². The Hall–Kier alpha value is -4.98. The predicted octanol–water partition coefficient (Wildman–Crippen LogP) is 7.39. The second kappa shape index (κ2) is 9.96. The fourth-order valence-electron chi connectivity index (χ4n) is 4.80. The number of hydrogen-bond donors (Lipinski definition) is 1. The fourth-order valence-corrected chi connectivity index (χ4v) is 4.80. The number of carbonyl (C=O) groups is 1. The number of carbonyl (C=O) groups excluding carboxylic acids is 1. The summed E-state index contributed by atoms with van der Waals surface area (Å²) in [5.74, 6) is 1.24. The molecule has 6 aromatic rings. The molecule has 1 N–H and O–H groups in total. The summed E-state index contributed by atoms with van der Waals surface area (Å²) in [5, 5.41) is 4.34. The Bertz CT molecular complexity index is 1830. The second-order valence-corrected chi connectivity index (χ2v) is 10.7. The summed E-state index contributed by atoms with van der Waals surface area (Å²) in [7, 11) is 0. The summed E-state index contributed by atoms with van der Waals surface area (Å²) in [6, 6.07) is 27.9. The highest BCUT2D eigenvalue weighted by Crippen LogP contribution is 2.31. The molecule has 0 aliphatic carbocycles. The number of ether oxygens (including phenoxy) is 1. The molecule has 0 bridgehead atoms. The fraction of sp³-hybridized carbons (Fsp3) is 0.188. The van der Waals surface area contributed by atoms with E-state index in [2.05, 4.69) is 34.3 Å². The molecule has 8 nitrogen and oxygen atoms in total. The van der Waals surface area contributed by atoms with Gasteiger partial charge in [0.2, 0.25) is 5.95 Å². The molecule has 0 aliphatic heterocycles. The van der Waals surface area contributed by atoms with Crippen molar-refractivity contribution in [3.05, 3.63) is 103 Å². The van der Waals surface area contributed by atoms with Gasteiger partial charge < -0.3 is 10.1 Å². The summed E-state index contributed by atoms with van der Waals surface area (Å²) in [6.07, 6.45) is 3.08. The highest BCUT2D eigenvalue weighted by atomic mass is 16.6. The standard InChI is InChI=1S/C32H30N6O2/c1-21(22-10-6-5-7-11-22)35-30-33-17-16-29(36-30)37-20-34-25-18-24(14-15-27(25)37)28-19-23-12-8-9-13-26(23)38(28)31(39)40-32(2,3)4/h5-21H,1-4H3,(H,33,35,36). The summed E-state index contributed by atoms with van der Waals surface area (Å²) >= 11 is 0. The molecule has 0 amide bonds. The zero-order valence-electron chi connectivity index (χ0n) is 22.9. The third-order valence-corrected chi connectivity index (χ3v) is 6.66. The molecule has 0 saturated heterocycles. The molecule has 6 rings (SSSR count). The number of anilines is 1. The number of para-hydroxylation sites is 1. The number of benzene rings is 3. The van der Waals surface area contributed by atoms with E-state index >= 15 is 0 Å². The Kier molecular flexibility index (Phi) is 6.30. The lowest BCUT2D eigenvalue weighted by Crippen LogP contribution is -2.27. The minimum absolute atomic E-state index is 0.0512. The van der Waals surface area contributed by atoms with Gasteiger partial charge >= 0.3 is 6.09 Å². The van der Waals surface area contributed by atoms with E-state index < -0.39 is 11.7 Å². The molecule has 0 radical (unpaired) electrons. The van der Waals surface area contributed by atoms with Crippen molar-refractivity contribution >= 4 is 34.0 Å². The van der Waals surface area contributed by atoms with Gasteiger partial charge in [0, 0.05) is 17.1 Å². The maximum Gasteiger partial charge on any atom is 0.419 e. The number of hydrogen-bond acceptors (Lipinski definition) is 6. The molecule has 0 aliphatic rings. The van der Waals surface area contributed by atoms with Crippen LogP contribution in [0.2, 0.25) is 0 Å². The van der Waals surface area contributed by atoms with Crippen LogP contribution in [0.5, 0.6) is 0 Å². The first kappa shape index (κ1) is 25.3. The van der Waals surface area contributed by atoms with Crippen LogP contribution in [0, 0.1) is 0 Å². The van der Waals surface area contributed by atoms with Crippen molar-refractivity contribution < 1.29 is 9.53 Å². The second-order valence-electron chi connectivity index (χ2n) is 10.7. The smallest absolute Gasteiger partial charge is 0.419 e. The minimum atomic E-state index is -0.618. The van der Waals surface area contributed by atoms with Crippen molar-refractivity contribution in [1.82, 2.24) is 24.1 Å². The number of rotatable bonds is 5. The van der Waals surface area contributed by atoms with Crippen molar-refractivity contribution in [1.29, 1.82) is 0 Å². The van der Waals surface area contributed by atoms with Crippen molar-refractivity contribution in [3.8, 4) is 17.1 Å². The predicted molar refractivity (Wildman–Crippen MR) is 158 cm³/mol. The largest absolute Gasteiger partial charge is 0.443 e. The molecule has 1 unspecified atom stereocenters. The average Bonchev–Trinajstić information content (AvgIpc) is 3.54. The first-order valence-corrected chi connectivity index (χ1v) is 13.2. The van der Waals surface area contributed by atoms with Gasteiger partial charge in [-0.25, -0.2) is 19.3 Å². The van der Waals surface area contributed by atoms with Crippen LogP contribution in [0.1, 0.15) is 39.3 Å². The summed E-state index contributed by atoms with van der Waals surface area (Å²) in [6.45, 7) is 7.68. The first-order valence-electron chi connectivity index (χ1n) is 13.2. The molecule has 0 fully saturated rings. The topological polar surface area (TPSA) is 86.9 Å². The molecule has 0 spiro atoms. The zero-order chi connectivity index (χ0) is 27.9. The highest BCUT2D eigenvalue weighted by molar-refractivity contribution is 5.97. The molecule has 3 aromatic heterocycles. The van der Waals surface area contributed by atoms with Crippen LogP contribution in [0.3, 0.4) is 0 Å². The van der Waals surface area contributed by atoms with Gasteiger partial charge in [0.05, 0.1) is 28.3 Å². The van der Waals surface area contributed by atoms with Gasteiger partial charge in [-0.05, 0) is 63.6 Å². The monoisotopic (exact) mass is 530 g/mol. The van der Waals surface area contributed by atoms with Crippen molar-refractivity contribution in [2.24, 2.45) is 0 Å². The number of nitrogens with one attached hydrogen (secondary N) is 1. The van der Waals surface area contributed by atoms with E-state index in [0.717, 1.165) is 38.8 Å². The Morgan fingerprint density at radius 1 is 0.900 bits per heavy atom. The number of nitrogens with zero attached hydrogens (tertiary/aromatic N) is 5. The highest BCUT2D eigenvalue weighted by Gasteiger charge is 2.23. The normalized spacial score (nSPS) is 12.5. The van der Waals surface area contributed by atoms with Crippen LogP contribution in [0.15, 0.2) is 97.5 Å². The first-order chi connectivity index (χ1) is 19.3. The number of aromatic nitrogens is 5. The van der Waals surface area contributed by atoms with Gasteiger partial charge in [-0.15, -0.1) is 0 Å². The summed E-state index contributed by atoms with van der Waals surface area (Å²) in [4.78, 5) is 27.1. The van der Waals surface area contributed by atoms with E-state index in [-0.39, 0.29) is 6.04 Å². The molecular formula is C32H30N6O2. The molecule has 40 heavy (non-hydrogen) atoms. The average molecular weight is 531 g/mol. The van der Waals surface area contributed by atoms with Crippen LogP contribution < -0.4 is 5.32 Å². The van der Waals surface area contributed by atoms with Gasteiger partial charge in [0.25, 0.3) is 0 Å². The lowest BCUT2D eigenvalue weighted by molar-refractivity contribution is 0.0547. The Morgan fingerprint density at radius 3 is 2.48 bits per heavy atom. The molecule has 0 saturated carbocycles. The quantitative estimate of drug-likeness (QED) is 0.250. The minimum Gasteiger partial charge on any atom is -0.443 e. The van der Waals surface area contributed by atoms with Gasteiger partial charge in [0.15, 0.2) is 0 Å².